The van der Waals surface area contributed by atoms with Gasteiger partial charge in [0, 0.05) is 22.7 Å². The van der Waals surface area contributed by atoms with Gasteiger partial charge in [0.15, 0.2) is 0 Å². The molecule has 2 atom stereocenters. The second kappa shape index (κ2) is 9.75. The Hall–Kier alpha value is -3.92. The number of benzene rings is 3. The molecule has 4 N–H and O–H groups in total. The van der Waals surface area contributed by atoms with Crippen LogP contribution in [0.3, 0.4) is 0 Å². The highest BCUT2D eigenvalue weighted by Crippen LogP contribution is 2.30. The molecule has 6 heteroatoms. The summed E-state index contributed by atoms with van der Waals surface area (Å²) in [4.78, 5) is 8.86. The van der Waals surface area contributed by atoms with Gasteiger partial charge in [0.05, 0.1) is 5.52 Å². The van der Waals surface area contributed by atoms with Crippen LogP contribution < -0.4 is 15.8 Å². The number of nitrogens with one attached hydrogen (secondary N) is 1. The van der Waals surface area contributed by atoms with Crippen molar-refractivity contribution < 1.29 is 9.84 Å². The summed E-state index contributed by atoms with van der Waals surface area (Å²) < 4.78 is 5.99. The molecule has 4 aromatic rings. The fraction of sp³-hybridized carbons (Fsp3) is 0.241. The van der Waals surface area contributed by atoms with Crippen LogP contribution in [0.5, 0.6) is 11.5 Å². The Bertz CT molecular complexity index is 1410. The minimum Gasteiger partial charge on any atom is -0.457 e. The molecule has 2 unspecified atom stereocenters. The maximum absolute atomic E-state index is 10.9. The average Bonchev–Trinajstić information content (AvgIpc) is 2.87. The number of hydrogen-bond donors (Lipinski definition) is 3. The van der Waals surface area contributed by atoms with E-state index in [0.717, 1.165) is 58.5 Å². The second-order valence-corrected chi connectivity index (χ2v) is 9.00. The van der Waals surface area contributed by atoms with Gasteiger partial charge in [0.2, 0.25) is 0 Å². The Kier molecular flexibility index (Phi) is 6.37. The second-order valence-electron chi connectivity index (χ2n) is 9.00. The van der Waals surface area contributed by atoms with Gasteiger partial charge in [-0.15, -0.1) is 0 Å². The molecular weight excluding hydrogens is 436 g/mol. The van der Waals surface area contributed by atoms with Gasteiger partial charge >= 0.3 is 0 Å². The number of nitrogens with zero attached hydrogens (tertiary/aromatic N) is 2. The van der Waals surface area contributed by atoms with Gasteiger partial charge in [0.1, 0.15) is 29.2 Å². The third-order valence-corrected chi connectivity index (χ3v) is 6.40. The number of fused-ring (bicyclic) bond motifs is 1. The molecule has 6 nitrogen and oxygen atoms in total. The average molecular weight is 465 g/mol. The lowest BCUT2D eigenvalue weighted by Gasteiger charge is -2.33. The van der Waals surface area contributed by atoms with Crippen molar-refractivity contribution in [2.45, 2.75) is 44.2 Å². The van der Waals surface area contributed by atoms with Crippen LogP contribution >= 0.6 is 0 Å². The van der Waals surface area contributed by atoms with E-state index in [9.17, 15) is 5.11 Å². The number of anilines is 2. The topological polar surface area (TPSA) is 93.3 Å². The number of ether oxygens (including phenoxy) is 1. The van der Waals surface area contributed by atoms with E-state index in [0.29, 0.717) is 12.2 Å². The van der Waals surface area contributed by atoms with Crippen LogP contribution in [0.2, 0.25) is 0 Å². The number of aryl methyl sites for hydroxylation is 1. The lowest BCUT2D eigenvalue weighted by Crippen LogP contribution is -2.49. The maximum Gasteiger partial charge on any atom is 0.141 e. The van der Waals surface area contributed by atoms with Crippen molar-refractivity contribution in [2.24, 2.45) is 5.73 Å². The Morgan fingerprint density at radius 2 is 1.91 bits per heavy atom. The van der Waals surface area contributed by atoms with Crippen molar-refractivity contribution in [2.75, 3.05) is 5.32 Å². The summed E-state index contributed by atoms with van der Waals surface area (Å²) >= 11 is 0. The van der Waals surface area contributed by atoms with Gasteiger partial charge in [0.25, 0.3) is 0 Å². The summed E-state index contributed by atoms with van der Waals surface area (Å²) in [5.41, 5.74) is 8.50. The van der Waals surface area contributed by atoms with Gasteiger partial charge in [-0.05, 0) is 80.3 Å². The van der Waals surface area contributed by atoms with E-state index in [1.54, 1.807) is 6.33 Å². The molecular formula is C29H28N4O2. The van der Waals surface area contributed by atoms with Crippen LogP contribution in [-0.4, -0.2) is 26.7 Å². The van der Waals surface area contributed by atoms with Gasteiger partial charge < -0.3 is 20.9 Å². The highest BCUT2D eigenvalue weighted by atomic mass is 16.5. The summed E-state index contributed by atoms with van der Waals surface area (Å²) in [6, 6.07) is 21.1. The fourth-order valence-electron chi connectivity index (χ4n) is 4.35. The van der Waals surface area contributed by atoms with Gasteiger partial charge in [-0.3, -0.25) is 0 Å². The summed E-state index contributed by atoms with van der Waals surface area (Å²) in [6.07, 6.45) is 4.91. The van der Waals surface area contributed by atoms with Crippen LogP contribution in [-0.2, 0) is 0 Å². The quantitative estimate of drug-likeness (QED) is 0.347. The zero-order valence-electron chi connectivity index (χ0n) is 19.7. The molecule has 1 aliphatic rings. The van der Waals surface area contributed by atoms with Gasteiger partial charge in [-0.25, -0.2) is 9.97 Å². The Labute approximate surface area is 205 Å². The van der Waals surface area contributed by atoms with Crippen LogP contribution in [0.4, 0.5) is 11.5 Å². The summed E-state index contributed by atoms with van der Waals surface area (Å²) in [6.45, 7) is 2.01. The molecule has 1 fully saturated rings. The highest BCUT2D eigenvalue weighted by molar-refractivity contribution is 5.91. The molecule has 176 valence electrons. The molecule has 1 heterocycles. The van der Waals surface area contributed by atoms with Crippen molar-refractivity contribution in [3.05, 3.63) is 84.2 Å². The number of aromatic nitrogens is 2. The number of para-hydroxylation sites is 1. The predicted octanol–water partition coefficient (Wildman–Crippen LogP) is 5.46. The third kappa shape index (κ3) is 5.12. The zero-order chi connectivity index (χ0) is 24.3. The molecule has 0 aliphatic heterocycles. The molecule has 0 amide bonds. The summed E-state index contributed by atoms with van der Waals surface area (Å²) in [5, 5.41) is 15.1. The fourth-order valence-corrected chi connectivity index (χ4v) is 4.35. The van der Waals surface area contributed by atoms with Crippen LogP contribution in [0.25, 0.3) is 10.9 Å². The van der Waals surface area contributed by atoms with Crippen LogP contribution in [0, 0.1) is 18.8 Å². The normalized spacial score (nSPS) is 19.6. The molecule has 0 bridgehead atoms. The molecule has 5 rings (SSSR count). The first-order valence-corrected chi connectivity index (χ1v) is 11.9. The van der Waals surface area contributed by atoms with Crippen molar-refractivity contribution in [3.63, 3.8) is 0 Å². The summed E-state index contributed by atoms with van der Waals surface area (Å²) in [7, 11) is 0. The molecule has 0 radical (unpaired) electrons. The van der Waals surface area contributed by atoms with E-state index in [1.807, 2.05) is 73.7 Å². The summed E-state index contributed by atoms with van der Waals surface area (Å²) in [5.74, 6) is 8.44. The molecule has 3 aromatic carbocycles. The first-order valence-electron chi connectivity index (χ1n) is 11.9. The standard InChI is InChI=1S/C29H28N4O2/c1-20-17-22(11-13-26(20)35-23-7-3-2-4-8-23)33-28-24-18-21(10-12-25(24)31-19-32-28)14-16-29(34)15-6-5-9-27(29)30/h2-4,7-8,10-13,17-19,27,34H,5-6,9,15,30H2,1H3,(H,31,32,33). The van der Waals surface area contributed by atoms with Crippen LogP contribution in [0.15, 0.2) is 73.1 Å². The monoisotopic (exact) mass is 464 g/mol. The van der Waals surface area contributed by atoms with E-state index in [4.69, 9.17) is 10.5 Å². The predicted molar refractivity (Wildman–Crippen MR) is 139 cm³/mol. The third-order valence-electron chi connectivity index (χ3n) is 6.40. The van der Waals surface area contributed by atoms with Gasteiger partial charge in [-0.1, -0.05) is 36.5 Å². The minimum atomic E-state index is -1.14. The van der Waals surface area contributed by atoms with E-state index < -0.39 is 5.60 Å². The van der Waals surface area contributed by atoms with Crippen molar-refractivity contribution >= 4 is 22.4 Å². The zero-order valence-corrected chi connectivity index (χ0v) is 19.7. The smallest absolute Gasteiger partial charge is 0.141 e. The largest absolute Gasteiger partial charge is 0.457 e. The van der Waals surface area contributed by atoms with E-state index in [-0.39, 0.29) is 6.04 Å². The van der Waals surface area contributed by atoms with Gasteiger partial charge in [-0.2, -0.15) is 0 Å². The number of aliphatic hydroxyl groups is 1. The lowest BCUT2D eigenvalue weighted by molar-refractivity contribution is 0.0409. The van der Waals surface area contributed by atoms with Crippen LogP contribution in [0.1, 0.15) is 36.8 Å². The first kappa shape index (κ1) is 22.9. The number of hydrogen-bond acceptors (Lipinski definition) is 6. The van der Waals surface area contributed by atoms with E-state index >= 15 is 0 Å². The Morgan fingerprint density at radius 3 is 2.71 bits per heavy atom. The highest BCUT2D eigenvalue weighted by Gasteiger charge is 2.34. The molecule has 1 aliphatic carbocycles. The van der Waals surface area contributed by atoms with E-state index in [2.05, 4.69) is 27.1 Å². The molecule has 1 saturated carbocycles. The Balaban J connectivity index is 1.40. The first-order chi connectivity index (χ1) is 17.0. The van der Waals surface area contributed by atoms with Crippen molar-refractivity contribution in [3.8, 4) is 23.3 Å². The molecule has 0 saturated heterocycles. The Morgan fingerprint density at radius 1 is 1.06 bits per heavy atom. The molecule has 35 heavy (non-hydrogen) atoms. The maximum atomic E-state index is 10.9. The minimum absolute atomic E-state index is 0.318. The number of nitrogens with two attached hydrogens (primary N) is 1. The number of rotatable bonds is 4. The molecule has 1 aromatic heterocycles. The lowest BCUT2D eigenvalue weighted by atomic mass is 9.81. The van der Waals surface area contributed by atoms with Crippen molar-refractivity contribution in [1.82, 2.24) is 9.97 Å². The molecule has 0 spiro atoms. The SMILES string of the molecule is Cc1cc(Nc2ncnc3ccc(C#CC4(O)CCCCC4N)cc23)ccc1Oc1ccccc1. The van der Waals surface area contributed by atoms with Crippen molar-refractivity contribution in [1.29, 1.82) is 0 Å². The van der Waals surface area contributed by atoms with E-state index in [1.165, 1.54) is 0 Å².